The van der Waals surface area contributed by atoms with Crippen molar-refractivity contribution in [2.75, 3.05) is 13.2 Å². The van der Waals surface area contributed by atoms with Crippen LogP contribution in [0.5, 0.6) is 5.75 Å². The van der Waals surface area contributed by atoms with Gasteiger partial charge in [0.2, 0.25) is 0 Å². The SMILES string of the molecule is CCCCCN1C(=O)C(=O)/C(=C(\O)c2ccc(OCC(C)C)c(C)c2)C1c1cccs1. The molecule has 166 valence electrons. The maximum atomic E-state index is 13.0. The molecular formula is C25H31NO4S. The van der Waals surface area contributed by atoms with Gasteiger partial charge in [-0.3, -0.25) is 9.59 Å². The topological polar surface area (TPSA) is 66.8 Å². The van der Waals surface area contributed by atoms with Gasteiger partial charge in [0.25, 0.3) is 11.7 Å². The van der Waals surface area contributed by atoms with Crippen LogP contribution >= 0.6 is 11.3 Å². The quantitative estimate of drug-likeness (QED) is 0.234. The van der Waals surface area contributed by atoms with Crippen molar-refractivity contribution in [3.05, 3.63) is 57.3 Å². The Bertz CT molecular complexity index is 962. The number of carbonyl (C=O) groups excluding carboxylic acids is 2. The number of aryl methyl sites for hydroxylation is 1. The van der Waals surface area contributed by atoms with E-state index in [1.54, 1.807) is 17.0 Å². The molecule has 1 aromatic carbocycles. The Kier molecular flexibility index (Phi) is 7.55. The average Bonchev–Trinajstić information content (AvgIpc) is 3.35. The van der Waals surface area contributed by atoms with Crippen LogP contribution in [0.3, 0.4) is 0 Å². The zero-order valence-corrected chi connectivity index (χ0v) is 19.5. The summed E-state index contributed by atoms with van der Waals surface area (Å²) >= 11 is 1.49. The number of carbonyl (C=O) groups is 2. The number of aliphatic hydroxyl groups is 1. The van der Waals surface area contributed by atoms with E-state index < -0.39 is 17.7 Å². The summed E-state index contributed by atoms with van der Waals surface area (Å²) in [6, 6.07) is 8.63. The first-order valence-corrected chi connectivity index (χ1v) is 11.8. The highest BCUT2D eigenvalue weighted by Gasteiger charge is 2.46. The molecule has 31 heavy (non-hydrogen) atoms. The molecule has 2 heterocycles. The zero-order chi connectivity index (χ0) is 22.5. The van der Waals surface area contributed by atoms with Crippen molar-refractivity contribution in [1.82, 2.24) is 4.90 Å². The summed E-state index contributed by atoms with van der Waals surface area (Å²) in [7, 11) is 0. The van der Waals surface area contributed by atoms with Crippen LogP contribution in [-0.2, 0) is 9.59 Å². The molecule has 5 nitrogen and oxygen atoms in total. The first-order valence-electron chi connectivity index (χ1n) is 10.9. The molecule has 1 aromatic heterocycles. The first-order chi connectivity index (χ1) is 14.8. The lowest BCUT2D eigenvalue weighted by Gasteiger charge is -2.24. The summed E-state index contributed by atoms with van der Waals surface area (Å²) < 4.78 is 5.82. The summed E-state index contributed by atoms with van der Waals surface area (Å²) in [5, 5.41) is 13.1. The maximum Gasteiger partial charge on any atom is 0.295 e. The molecule has 2 aromatic rings. The van der Waals surface area contributed by atoms with Crippen molar-refractivity contribution in [3.63, 3.8) is 0 Å². The lowest BCUT2D eigenvalue weighted by molar-refractivity contribution is -0.139. The van der Waals surface area contributed by atoms with Crippen molar-refractivity contribution in [2.45, 2.75) is 53.0 Å². The van der Waals surface area contributed by atoms with Crippen LogP contribution in [0.1, 0.15) is 62.1 Å². The van der Waals surface area contributed by atoms with E-state index in [1.165, 1.54) is 11.3 Å². The van der Waals surface area contributed by atoms with Gasteiger partial charge in [-0.05, 0) is 54.5 Å². The van der Waals surface area contributed by atoms with Crippen LogP contribution in [-0.4, -0.2) is 34.8 Å². The van der Waals surface area contributed by atoms with Gasteiger partial charge in [-0.15, -0.1) is 11.3 Å². The van der Waals surface area contributed by atoms with E-state index in [4.69, 9.17) is 4.74 Å². The molecule has 1 atom stereocenters. The van der Waals surface area contributed by atoms with Gasteiger partial charge in [0, 0.05) is 17.0 Å². The number of thiophene rings is 1. The zero-order valence-electron chi connectivity index (χ0n) is 18.7. The standard InChI is InChI=1S/C25H31NO4S/c1-5-6-7-12-26-22(20-9-8-13-31-20)21(24(28)25(26)29)23(27)18-10-11-19(17(4)14-18)30-15-16(2)3/h8-11,13-14,16,22,27H,5-7,12,15H2,1-4H3/b23-21-. The van der Waals surface area contributed by atoms with Crippen LogP contribution in [0.4, 0.5) is 0 Å². The van der Waals surface area contributed by atoms with Gasteiger partial charge in [0.1, 0.15) is 11.5 Å². The summed E-state index contributed by atoms with van der Waals surface area (Å²) in [5.41, 5.74) is 1.55. The van der Waals surface area contributed by atoms with Crippen LogP contribution in [0.2, 0.25) is 0 Å². The van der Waals surface area contributed by atoms with E-state index in [1.807, 2.05) is 30.5 Å². The van der Waals surface area contributed by atoms with Crippen molar-refractivity contribution >= 4 is 28.8 Å². The van der Waals surface area contributed by atoms with Crippen molar-refractivity contribution in [2.24, 2.45) is 5.92 Å². The number of ketones is 1. The number of aliphatic hydroxyl groups excluding tert-OH is 1. The third-order valence-electron chi connectivity index (χ3n) is 5.38. The molecule has 0 radical (unpaired) electrons. The molecule has 0 spiro atoms. The minimum atomic E-state index is -0.620. The highest BCUT2D eigenvalue weighted by molar-refractivity contribution is 7.10. The van der Waals surface area contributed by atoms with E-state index in [2.05, 4.69) is 20.8 Å². The number of benzene rings is 1. The second kappa shape index (κ2) is 10.1. The van der Waals surface area contributed by atoms with E-state index >= 15 is 0 Å². The third-order valence-corrected chi connectivity index (χ3v) is 6.30. The monoisotopic (exact) mass is 441 g/mol. The van der Waals surface area contributed by atoms with Crippen LogP contribution in [0.15, 0.2) is 41.3 Å². The lowest BCUT2D eigenvalue weighted by Crippen LogP contribution is -2.30. The Balaban J connectivity index is 2.00. The second-order valence-electron chi connectivity index (χ2n) is 8.40. The minimum Gasteiger partial charge on any atom is -0.507 e. The van der Waals surface area contributed by atoms with Crippen molar-refractivity contribution < 1.29 is 19.4 Å². The van der Waals surface area contributed by atoms with E-state index in [0.717, 1.165) is 35.5 Å². The normalized spacial score (nSPS) is 18.2. The number of hydrogen-bond donors (Lipinski definition) is 1. The van der Waals surface area contributed by atoms with Gasteiger partial charge in [0.05, 0.1) is 18.2 Å². The Labute approximate surface area is 188 Å². The molecule has 1 amide bonds. The number of rotatable bonds is 9. The van der Waals surface area contributed by atoms with Gasteiger partial charge < -0.3 is 14.7 Å². The molecule has 1 aliphatic heterocycles. The van der Waals surface area contributed by atoms with E-state index in [-0.39, 0.29) is 11.3 Å². The highest BCUT2D eigenvalue weighted by atomic mass is 32.1. The lowest BCUT2D eigenvalue weighted by atomic mass is 9.98. The number of likely N-dealkylation sites (tertiary alicyclic amines) is 1. The fraction of sp³-hybridized carbons (Fsp3) is 0.440. The van der Waals surface area contributed by atoms with E-state index in [9.17, 15) is 14.7 Å². The summed E-state index contributed by atoms with van der Waals surface area (Å²) in [6.45, 7) is 9.28. The molecule has 6 heteroatoms. The number of Topliss-reactive ketones (excluding diaryl/α,β-unsaturated/α-hetero) is 1. The van der Waals surface area contributed by atoms with Gasteiger partial charge in [-0.1, -0.05) is 39.7 Å². The van der Waals surface area contributed by atoms with Crippen LogP contribution < -0.4 is 4.74 Å². The molecular weight excluding hydrogens is 410 g/mol. The Morgan fingerprint density at radius 2 is 2.00 bits per heavy atom. The molecule has 1 aliphatic rings. The average molecular weight is 442 g/mol. The van der Waals surface area contributed by atoms with E-state index in [0.29, 0.717) is 24.6 Å². The fourth-order valence-corrected chi connectivity index (χ4v) is 4.60. The minimum absolute atomic E-state index is 0.131. The third kappa shape index (κ3) is 5.01. The summed E-state index contributed by atoms with van der Waals surface area (Å²) in [4.78, 5) is 28.3. The molecule has 0 saturated carbocycles. The van der Waals surface area contributed by atoms with Gasteiger partial charge in [-0.25, -0.2) is 0 Å². The van der Waals surface area contributed by atoms with Crippen LogP contribution in [0.25, 0.3) is 5.76 Å². The fourth-order valence-electron chi connectivity index (χ4n) is 3.76. The highest BCUT2D eigenvalue weighted by Crippen LogP contribution is 2.41. The summed E-state index contributed by atoms with van der Waals surface area (Å²) in [6.07, 6.45) is 2.84. The number of amides is 1. The van der Waals surface area contributed by atoms with Gasteiger partial charge in [-0.2, -0.15) is 0 Å². The Morgan fingerprint density at radius 1 is 1.23 bits per heavy atom. The Hall–Kier alpha value is -2.60. The molecule has 0 bridgehead atoms. The first kappa shape index (κ1) is 23.1. The van der Waals surface area contributed by atoms with Crippen molar-refractivity contribution in [1.29, 1.82) is 0 Å². The number of hydrogen-bond acceptors (Lipinski definition) is 5. The van der Waals surface area contributed by atoms with Gasteiger partial charge in [0.15, 0.2) is 0 Å². The largest absolute Gasteiger partial charge is 0.507 e. The molecule has 1 unspecified atom stereocenters. The number of unbranched alkanes of at least 4 members (excludes halogenated alkanes) is 2. The van der Waals surface area contributed by atoms with Crippen LogP contribution in [0, 0.1) is 12.8 Å². The number of ether oxygens (including phenoxy) is 1. The molecule has 1 fully saturated rings. The summed E-state index contributed by atoms with van der Waals surface area (Å²) in [5.74, 6) is -0.134. The van der Waals surface area contributed by atoms with Gasteiger partial charge >= 0.3 is 0 Å². The predicted molar refractivity (Wildman–Crippen MR) is 124 cm³/mol. The van der Waals surface area contributed by atoms with Crippen molar-refractivity contribution in [3.8, 4) is 5.75 Å². The Morgan fingerprint density at radius 3 is 2.61 bits per heavy atom. The molecule has 1 N–H and O–H groups in total. The predicted octanol–water partition coefficient (Wildman–Crippen LogP) is 5.70. The smallest absolute Gasteiger partial charge is 0.295 e. The number of nitrogens with zero attached hydrogens (tertiary/aromatic N) is 1. The molecule has 3 rings (SSSR count). The molecule has 1 saturated heterocycles. The maximum absolute atomic E-state index is 13.0. The second-order valence-corrected chi connectivity index (χ2v) is 9.38. The molecule has 0 aliphatic carbocycles.